The number of hydrogen-bond acceptors (Lipinski definition) is 5. The van der Waals surface area contributed by atoms with Crippen LogP contribution in [-0.2, 0) is 17.7 Å². The number of fused-ring (bicyclic) bond motifs is 3. The van der Waals surface area contributed by atoms with Crippen molar-refractivity contribution in [2.24, 2.45) is 0 Å². The van der Waals surface area contributed by atoms with Gasteiger partial charge in [0.2, 0.25) is 0 Å². The Hall–Kier alpha value is -3.94. The number of hydrogen-bond donors (Lipinski definition) is 2. The number of para-hydroxylation sites is 1. The molecule has 8 nitrogen and oxygen atoms in total. The number of aromatic amines is 1. The maximum absolute atomic E-state index is 13.0. The van der Waals surface area contributed by atoms with E-state index < -0.39 is 11.7 Å². The smallest absolute Gasteiger partial charge is 0.407 e. The first-order chi connectivity index (χ1) is 16.7. The normalized spacial score (nSPS) is 13.4. The van der Waals surface area contributed by atoms with Gasteiger partial charge in [0.1, 0.15) is 11.3 Å². The van der Waals surface area contributed by atoms with E-state index in [4.69, 9.17) is 9.72 Å². The van der Waals surface area contributed by atoms with E-state index in [1.807, 2.05) is 57.3 Å². The van der Waals surface area contributed by atoms with E-state index in [-0.39, 0.29) is 11.3 Å². The van der Waals surface area contributed by atoms with Crippen LogP contribution < -0.4 is 10.9 Å². The van der Waals surface area contributed by atoms with E-state index >= 15 is 0 Å². The highest BCUT2D eigenvalue weighted by molar-refractivity contribution is 6.03. The van der Waals surface area contributed by atoms with Gasteiger partial charge in [-0.05, 0) is 57.4 Å². The molecule has 0 saturated carbocycles. The number of carbonyl (C=O) groups excluding carboxylic acids is 2. The molecule has 1 aliphatic rings. The van der Waals surface area contributed by atoms with Gasteiger partial charge >= 0.3 is 6.09 Å². The number of nitrogens with one attached hydrogen (secondary N) is 2. The largest absolute Gasteiger partial charge is 0.444 e. The maximum atomic E-state index is 13.0. The van der Waals surface area contributed by atoms with Gasteiger partial charge in [-0.15, -0.1) is 0 Å². The summed E-state index contributed by atoms with van der Waals surface area (Å²) in [5.41, 5.74) is 4.16. The quantitative estimate of drug-likeness (QED) is 0.413. The zero-order valence-corrected chi connectivity index (χ0v) is 20.1. The minimum absolute atomic E-state index is 0.107. The summed E-state index contributed by atoms with van der Waals surface area (Å²) < 4.78 is 7.36. The van der Waals surface area contributed by atoms with Gasteiger partial charge in [0.05, 0.1) is 11.0 Å². The molecule has 4 aromatic rings. The summed E-state index contributed by atoms with van der Waals surface area (Å²) in [5, 5.41) is 3.71. The van der Waals surface area contributed by atoms with Gasteiger partial charge in [0.15, 0.2) is 5.78 Å². The SMILES string of the molecule is CC(C)(C)OC(=O)NCCCn1cc(-c2nc3cc4c(cc3[nH]c2=O)C(=O)CC4)c2ccccc21. The topological polar surface area (TPSA) is 106 Å². The monoisotopic (exact) mass is 472 g/mol. The number of aromatic nitrogens is 3. The first-order valence-corrected chi connectivity index (χ1v) is 11.8. The molecule has 8 heteroatoms. The second-order valence-electron chi connectivity index (χ2n) is 9.90. The summed E-state index contributed by atoms with van der Waals surface area (Å²) in [6.45, 7) is 6.60. The van der Waals surface area contributed by atoms with Gasteiger partial charge in [0.25, 0.3) is 5.56 Å². The number of nitrogens with zero attached hydrogens (tertiary/aromatic N) is 2. The summed E-state index contributed by atoms with van der Waals surface area (Å²) >= 11 is 0. The maximum Gasteiger partial charge on any atom is 0.407 e. The van der Waals surface area contributed by atoms with E-state index in [0.29, 0.717) is 54.6 Å². The van der Waals surface area contributed by atoms with Gasteiger partial charge in [-0.1, -0.05) is 18.2 Å². The van der Waals surface area contributed by atoms with Crippen LogP contribution in [0.3, 0.4) is 0 Å². The molecule has 0 unspecified atom stereocenters. The third kappa shape index (κ3) is 4.56. The van der Waals surface area contributed by atoms with E-state index in [2.05, 4.69) is 14.9 Å². The summed E-state index contributed by atoms with van der Waals surface area (Å²) in [7, 11) is 0. The van der Waals surface area contributed by atoms with Crippen LogP contribution in [0.5, 0.6) is 0 Å². The molecular formula is C27H28N4O4. The van der Waals surface area contributed by atoms with Crippen LogP contribution in [0.1, 0.15) is 49.5 Å². The fourth-order valence-corrected chi connectivity index (χ4v) is 4.58. The zero-order valence-electron chi connectivity index (χ0n) is 20.1. The summed E-state index contributed by atoms with van der Waals surface area (Å²) in [4.78, 5) is 44.7. The number of benzene rings is 2. The average molecular weight is 473 g/mol. The average Bonchev–Trinajstić information content (AvgIpc) is 3.34. The highest BCUT2D eigenvalue weighted by Gasteiger charge is 2.22. The Labute approximate surface area is 202 Å². The van der Waals surface area contributed by atoms with Crippen molar-refractivity contribution >= 4 is 33.8 Å². The minimum atomic E-state index is -0.537. The molecule has 1 amide bonds. The van der Waals surface area contributed by atoms with Crippen LogP contribution in [-0.4, -0.2) is 38.6 Å². The standard InChI is InChI=1S/C27H28N4O4/c1-27(2,3)35-26(34)28-11-6-12-31-15-19(17-7-4-5-8-22(17)31)24-25(33)30-21-14-18-16(9-10-23(18)32)13-20(21)29-24/h4-5,7-8,13-15H,6,9-12H2,1-3H3,(H,28,34)(H,30,33). The lowest BCUT2D eigenvalue weighted by Crippen LogP contribution is -2.33. The Morgan fingerprint density at radius 1 is 1.14 bits per heavy atom. The van der Waals surface area contributed by atoms with Gasteiger partial charge in [-0.25, -0.2) is 9.78 Å². The Morgan fingerprint density at radius 3 is 2.74 bits per heavy atom. The van der Waals surface area contributed by atoms with Crippen LogP contribution >= 0.6 is 0 Å². The molecule has 2 heterocycles. The first-order valence-electron chi connectivity index (χ1n) is 11.8. The van der Waals surface area contributed by atoms with Gasteiger partial charge in [0, 0.05) is 47.7 Å². The van der Waals surface area contributed by atoms with Gasteiger partial charge < -0.3 is 19.6 Å². The van der Waals surface area contributed by atoms with Crippen molar-refractivity contribution in [3.8, 4) is 11.3 Å². The number of ketones is 1. The van der Waals surface area contributed by atoms with E-state index in [0.717, 1.165) is 22.0 Å². The molecular weight excluding hydrogens is 444 g/mol. The molecule has 5 rings (SSSR count). The second kappa shape index (κ2) is 8.69. The molecule has 2 aromatic carbocycles. The Kier molecular flexibility index (Phi) is 5.67. The van der Waals surface area contributed by atoms with Crippen molar-refractivity contribution < 1.29 is 14.3 Å². The van der Waals surface area contributed by atoms with Crippen molar-refractivity contribution in [3.63, 3.8) is 0 Å². The number of alkyl carbamates (subject to hydrolysis) is 1. The predicted octanol–water partition coefficient (Wildman–Crippen LogP) is 4.59. The third-order valence-corrected chi connectivity index (χ3v) is 6.13. The molecule has 0 saturated heterocycles. The Bertz CT molecular complexity index is 1520. The molecule has 0 atom stereocenters. The highest BCUT2D eigenvalue weighted by Crippen LogP contribution is 2.30. The fraction of sp³-hybridized carbons (Fsp3) is 0.333. The number of ether oxygens (including phenoxy) is 1. The lowest BCUT2D eigenvalue weighted by Gasteiger charge is -2.19. The van der Waals surface area contributed by atoms with Crippen molar-refractivity contribution in [3.05, 3.63) is 64.1 Å². The number of amides is 1. The molecule has 0 fully saturated rings. The van der Waals surface area contributed by atoms with Crippen molar-refractivity contribution in [2.75, 3.05) is 6.54 Å². The molecule has 0 aliphatic heterocycles. The van der Waals surface area contributed by atoms with E-state index in [9.17, 15) is 14.4 Å². The van der Waals surface area contributed by atoms with Gasteiger partial charge in [-0.3, -0.25) is 9.59 Å². The van der Waals surface area contributed by atoms with Crippen molar-refractivity contribution in [1.82, 2.24) is 19.9 Å². The van der Waals surface area contributed by atoms with Crippen molar-refractivity contribution in [2.45, 2.75) is 52.2 Å². The van der Waals surface area contributed by atoms with E-state index in [1.54, 1.807) is 6.07 Å². The van der Waals surface area contributed by atoms with Gasteiger partial charge in [-0.2, -0.15) is 0 Å². The number of carbonyl (C=O) groups is 2. The molecule has 35 heavy (non-hydrogen) atoms. The van der Waals surface area contributed by atoms with Crippen LogP contribution in [0.2, 0.25) is 0 Å². The zero-order chi connectivity index (χ0) is 24.7. The molecule has 2 N–H and O–H groups in total. The number of H-pyrrole nitrogens is 1. The van der Waals surface area contributed by atoms with Crippen LogP contribution in [0.25, 0.3) is 33.2 Å². The molecule has 180 valence electrons. The minimum Gasteiger partial charge on any atom is -0.444 e. The Morgan fingerprint density at radius 2 is 1.94 bits per heavy atom. The third-order valence-electron chi connectivity index (χ3n) is 6.13. The summed E-state index contributed by atoms with van der Waals surface area (Å²) in [6, 6.07) is 11.5. The second-order valence-corrected chi connectivity index (χ2v) is 9.90. The molecule has 0 bridgehead atoms. The molecule has 1 aliphatic carbocycles. The lowest BCUT2D eigenvalue weighted by atomic mass is 10.1. The first kappa shape index (κ1) is 22.8. The molecule has 0 radical (unpaired) electrons. The highest BCUT2D eigenvalue weighted by atomic mass is 16.6. The molecule has 0 spiro atoms. The number of rotatable bonds is 5. The molecule has 2 aromatic heterocycles. The summed E-state index contributed by atoms with van der Waals surface area (Å²) in [5.74, 6) is 0.107. The summed E-state index contributed by atoms with van der Waals surface area (Å²) in [6.07, 6.45) is 3.41. The van der Waals surface area contributed by atoms with E-state index in [1.165, 1.54) is 0 Å². The number of aryl methyl sites for hydroxylation is 2. The number of Topliss-reactive ketones (excluding diaryl/α,β-unsaturated/α-hetero) is 1. The van der Waals surface area contributed by atoms with Crippen LogP contribution in [0.15, 0.2) is 47.4 Å². The predicted molar refractivity (Wildman–Crippen MR) is 135 cm³/mol. The van der Waals surface area contributed by atoms with Crippen LogP contribution in [0.4, 0.5) is 4.79 Å². The Balaban J connectivity index is 1.43. The fourth-order valence-electron chi connectivity index (χ4n) is 4.58. The lowest BCUT2D eigenvalue weighted by molar-refractivity contribution is 0.0526. The van der Waals surface area contributed by atoms with Crippen LogP contribution in [0, 0.1) is 0 Å². The van der Waals surface area contributed by atoms with Crippen molar-refractivity contribution in [1.29, 1.82) is 0 Å².